The van der Waals surface area contributed by atoms with Crippen LogP contribution in [0.2, 0.25) is 0 Å². The summed E-state index contributed by atoms with van der Waals surface area (Å²) in [5, 5.41) is 9.25. The van der Waals surface area contributed by atoms with Gasteiger partial charge >= 0.3 is 0 Å². The van der Waals surface area contributed by atoms with Crippen LogP contribution >= 0.6 is 0 Å². The number of rotatable bonds is 6. The average molecular weight is 301 g/mol. The monoisotopic (exact) mass is 301 g/mol. The van der Waals surface area contributed by atoms with Gasteiger partial charge in [0.2, 0.25) is 0 Å². The van der Waals surface area contributed by atoms with Crippen molar-refractivity contribution in [3.05, 3.63) is 65.2 Å². The topological polar surface area (TPSA) is 33.0 Å². The second-order valence-corrected chi connectivity index (χ2v) is 5.16. The molecule has 0 radical (unpaired) electrons. The van der Waals surface area contributed by atoms with Crippen molar-refractivity contribution in [2.75, 3.05) is 6.61 Å². The SMILES string of the molecule is Cc1ccc(C(C#N)CCCOc2ccc(F)c(F)c2)cc1. The summed E-state index contributed by atoms with van der Waals surface area (Å²) >= 11 is 0. The van der Waals surface area contributed by atoms with E-state index in [0.29, 0.717) is 25.2 Å². The van der Waals surface area contributed by atoms with E-state index in [2.05, 4.69) is 6.07 Å². The molecule has 0 aromatic heterocycles. The molecule has 1 atom stereocenters. The average Bonchev–Trinajstić information content (AvgIpc) is 2.52. The largest absolute Gasteiger partial charge is 0.493 e. The predicted molar refractivity (Wildman–Crippen MR) is 80.6 cm³/mol. The standard InChI is InChI=1S/C18H17F2NO/c1-13-4-6-14(7-5-13)15(12-21)3-2-10-22-16-8-9-17(19)18(20)11-16/h4-9,11,15H,2-3,10H2,1H3. The molecule has 0 heterocycles. The van der Waals surface area contributed by atoms with E-state index in [-0.39, 0.29) is 5.92 Å². The molecule has 2 aromatic rings. The van der Waals surface area contributed by atoms with Crippen LogP contribution in [0.4, 0.5) is 8.78 Å². The fraction of sp³-hybridized carbons (Fsp3) is 0.278. The molecule has 4 heteroatoms. The third-order valence-corrected chi connectivity index (χ3v) is 3.43. The summed E-state index contributed by atoms with van der Waals surface area (Å²) in [4.78, 5) is 0. The van der Waals surface area contributed by atoms with Crippen LogP contribution in [0.5, 0.6) is 5.75 Å². The van der Waals surface area contributed by atoms with Gasteiger partial charge in [0.25, 0.3) is 0 Å². The Hall–Kier alpha value is -2.41. The number of hydrogen-bond acceptors (Lipinski definition) is 2. The molecule has 2 rings (SSSR count). The van der Waals surface area contributed by atoms with Crippen molar-refractivity contribution in [1.29, 1.82) is 5.26 Å². The fourth-order valence-electron chi connectivity index (χ4n) is 2.15. The van der Waals surface area contributed by atoms with E-state index in [9.17, 15) is 14.0 Å². The molecule has 114 valence electrons. The summed E-state index contributed by atoms with van der Waals surface area (Å²) in [7, 11) is 0. The van der Waals surface area contributed by atoms with Crippen LogP contribution in [-0.2, 0) is 0 Å². The fourth-order valence-corrected chi connectivity index (χ4v) is 2.15. The van der Waals surface area contributed by atoms with Gasteiger partial charge in [-0.1, -0.05) is 29.8 Å². The number of aryl methyl sites for hydroxylation is 1. The Balaban J connectivity index is 1.83. The van der Waals surface area contributed by atoms with E-state index in [1.165, 1.54) is 6.07 Å². The smallest absolute Gasteiger partial charge is 0.162 e. The Labute approximate surface area is 129 Å². The number of nitrogens with zero attached hydrogens (tertiary/aromatic N) is 1. The minimum Gasteiger partial charge on any atom is -0.493 e. The van der Waals surface area contributed by atoms with Crippen LogP contribution in [0, 0.1) is 29.9 Å². The first-order valence-electron chi connectivity index (χ1n) is 7.14. The number of ether oxygens (including phenoxy) is 1. The summed E-state index contributed by atoms with van der Waals surface area (Å²) in [5.74, 6) is -1.71. The zero-order chi connectivity index (χ0) is 15.9. The highest BCUT2D eigenvalue weighted by Gasteiger charge is 2.10. The van der Waals surface area contributed by atoms with Crippen LogP contribution in [0.15, 0.2) is 42.5 Å². The molecule has 2 aromatic carbocycles. The lowest BCUT2D eigenvalue weighted by Crippen LogP contribution is -2.02. The minimum absolute atomic E-state index is 0.186. The molecule has 0 saturated carbocycles. The van der Waals surface area contributed by atoms with Crippen molar-refractivity contribution < 1.29 is 13.5 Å². The predicted octanol–water partition coefficient (Wildman–Crippen LogP) is 4.74. The summed E-state index contributed by atoms with van der Waals surface area (Å²) in [5.41, 5.74) is 2.14. The third kappa shape index (κ3) is 4.29. The van der Waals surface area contributed by atoms with Crippen molar-refractivity contribution in [2.24, 2.45) is 0 Å². The van der Waals surface area contributed by atoms with Crippen LogP contribution in [0.1, 0.15) is 29.9 Å². The van der Waals surface area contributed by atoms with E-state index in [1.807, 2.05) is 31.2 Å². The first kappa shape index (κ1) is 16.0. The van der Waals surface area contributed by atoms with Crippen LogP contribution in [0.3, 0.4) is 0 Å². The zero-order valence-electron chi connectivity index (χ0n) is 12.4. The Bertz CT molecular complexity index is 662. The van der Waals surface area contributed by atoms with E-state index < -0.39 is 11.6 Å². The van der Waals surface area contributed by atoms with E-state index >= 15 is 0 Å². The quantitative estimate of drug-likeness (QED) is 0.722. The van der Waals surface area contributed by atoms with Gasteiger partial charge in [0.15, 0.2) is 11.6 Å². The van der Waals surface area contributed by atoms with Crippen LogP contribution in [0.25, 0.3) is 0 Å². The maximum atomic E-state index is 13.0. The number of hydrogen-bond donors (Lipinski definition) is 0. The molecule has 0 aliphatic rings. The van der Waals surface area contributed by atoms with Gasteiger partial charge in [-0.15, -0.1) is 0 Å². The number of nitriles is 1. The Morgan fingerprint density at radius 1 is 1.09 bits per heavy atom. The molecule has 0 fully saturated rings. The van der Waals surface area contributed by atoms with Crippen molar-refractivity contribution in [3.8, 4) is 11.8 Å². The number of halogens is 2. The molecule has 0 amide bonds. The molecule has 0 saturated heterocycles. The van der Waals surface area contributed by atoms with Crippen molar-refractivity contribution in [1.82, 2.24) is 0 Å². The lowest BCUT2D eigenvalue weighted by molar-refractivity contribution is 0.302. The highest BCUT2D eigenvalue weighted by molar-refractivity contribution is 5.28. The van der Waals surface area contributed by atoms with Gasteiger partial charge < -0.3 is 4.74 Å². The molecule has 0 N–H and O–H groups in total. The van der Waals surface area contributed by atoms with Crippen molar-refractivity contribution >= 4 is 0 Å². The molecule has 22 heavy (non-hydrogen) atoms. The van der Waals surface area contributed by atoms with Crippen LogP contribution < -0.4 is 4.74 Å². The maximum absolute atomic E-state index is 13.0. The molecule has 0 spiro atoms. The molecule has 0 bridgehead atoms. The normalized spacial score (nSPS) is 11.7. The van der Waals surface area contributed by atoms with E-state index in [1.54, 1.807) is 0 Å². The van der Waals surface area contributed by atoms with Gasteiger partial charge in [-0.3, -0.25) is 0 Å². The zero-order valence-corrected chi connectivity index (χ0v) is 12.4. The second-order valence-electron chi connectivity index (χ2n) is 5.16. The lowest BCUT2D eigenvalue weighted by Gasteiger charge is -2.11. The van der Waals surface area contributed by atoms with Gasteiger partial charge in [-0.2, -0.15) is 5.26 Å². The van der Waals surface area contributed by atoms with E-state index in [0.717, 1.165) is 23.3 Å². The Morgan fingerprint density at radius 2 is 1.82 bits per heavy atom. The van der Waals surface area contributed by atoms with Crippen molar-refractivity contribution in [3.63, 3.8) is 0 Å². The van der Waals surface area contributed by atoms with Gasteiger partial charge in [0.1, 0.15) is 5.75 Å². The molecular formula is C18H17F2NO. The second kappa shape index (κ2) is 7.56. The Kier molecular flexibility index (Phi) is 5.48. The van der Waals surface area contributed by atoms with Gasteiger partial charge in [0.05, 0.1) is 18.6 Å². The van der Waals surface area contributed by atoms with Crippen LogP contribution in [-0.4, -0.2) is 6.61 Å². The highest BCUT2D eigenvalue weighted by atomic mass is 19.2. The molecular weight excluding hydrogens is 284 g/mol. The third-order valence-electron chi connectivity index (χ3n) is 3.43. The number of benzene rings is 2. The summed E-state index contributed by atoms with van der Waals surface area (Å²) < 4.78 is 31.2. The lowest BCUT2D eigenvalue weighted by atomic mass is 9.95. The first-order chi connectivity index (χ1) is 10.6. The molecule has 2 nitrogen and oxygen atoms in total. The van der Waals surface area contributed by atoms with Crippen molar-refractivity contribution in [2.45, 2.75) is 25.7 Å². The Morgan fingerprint density at radius 3 is 2.45 bits per heavy atom. The summed E-state index contributed by atoms with van der Waals surface area (Å²) in [6.07, 6.45) is 1.31. The molecule has 1 unspecified atom stereocenters. The molecule has 0 aliphatic heterocycles. The highest BCUT2D eigenvalue weighted by Crippen LogP contribution is 2.21. The summed E-state index contributed by atoms with van der Waals surface area (Å²) in [6, 6.07) is 13.6. The van der Waals surface area contributed by atoms with E-state index in [4.69, 9.17) is 4.74 Å². The van der Waals surface area contributed by atoms with Gasteiger partial charge in [0, 0.05) is 6.07 Å². The minimum atomic E-state index is -0.924. The maximum Gasteiger partial charge on any atom is 0.162 e. The first-order valence-corrected chi connectivity index (χ1v) is 7.14. The van der Waals surface area contributed by atoms with Gasteiger partial charge in [-0.05, 0) is 37.5 Å². The van der Waals surface area contributed by atoms with Gasteiger partial charge in [-0.25, -0.2) is 8.78 Å². The summed E-state index contributed by atoms with van der Waals surface area (Å²) in [6.45, 7) is 2.36. The molecule has 0 aliphatic carbocycles.